The van der Waals surface area contributed by atoms with Gasteiger partial charge in [0.25, 0.3) is 0 Å². The van der Waals surface area contributed by atoms with Gasteiger partial charge >= 0.3 is 0 Å². The second kappa shape index (κ2) is 6.89. The second-order valence-corrected chi connectivity index (χ2v) is 3.86. The molecule has 0 saturated heterocycles. The normalized spacial score (nSPS) is 11.6. The van der Waals surface area contributed by atoms with Gasteiger partial charge in [-0.1, -0.05) is 6.92 Å². The molecule has 0 bridgehead atoms. The van der Waals surface area contributed by atoms with E-state index >= 15 is 0 Å². The fourth-order valence-corrected chi connectivity index (χ4v) is 1.64. The maximum atomic E-state index is 5.91. The van der Waals surface area contributed by atoms with Gasteiger partial charge in [0.05, 0.1) is 12.2 Å². The molecular weight excluding hydrogens is 212 g/mol. The third-order valence-electron chi connectivity index (χ3n) is 2.78. The van der Waals surface area contributed by atoms with Crippen LogP contribution in [0.5, 0.6) is 0 Å². The van der Waals surface area contributed by atoms with Gasteiger partial charge in [0.2, 0.25) is 0 Å². The monoisotopic (exact) mass is 234 g/mol. The zero-order valence-corrected chi connectivity index (χ0v) is 11.0. The van der Waals surface area contributed by atoms with Crippen molar-refractivity contribution in [2.45, 2.75) is 33.7 Å². The molecule has 0 aliphatic heterocycles. The molecule has 0 atom stereocenters. The predicted molar refractivity (Wildman–Crippen MR) is 71.9 cm³/mol. The summed E-state index contributed by atoms with van der Waals surface area (Å²) in [6.07, 6.45) is 2.85. The lowest BCUT2D eigenvalue weighted by Gasteiger charge is -2.19. The fraction of sp³-hybridized carbons (Fsp3) is 0.538. The highest BCUT2D eigenvalue weighted by molar-refractivity contribution is 5.77. The van der Waals surface area contributed by atoms with Crippen molar-refractivity contribution in [1.29, 1.82) is 0 Å². The average molecular weight is 234 g/mol. The van der Waals surface area contributed by atoms with Crippen LogP contribution in [0.15, 0.2) is 23.3 Å². The first-order valence-corrected chi connectivity index (χ1v) is 6.19. The number of aryl methyl sites for hydroxylation is 1. The van der Waals surface area contributed by atoms with Crippen LogP contribution in [0.25, 0.3) is 0 Å². The maximum Gasteiger partial charge on any atom is 0.191 e. The highest BCUT2D eigenvalue weighted by atomic mass is 15.2. The molecule has 4 heteroatoms. The zero-order chi connectivity index (χ0) is 12.7. The van der Waals surface area contributed by atoms with Gasteiger partial charge in [-0.3, -0.25) is 4.98 Å². The molecule has 4 nitrogen and oxygen atoms in total. The number of nitrogens with zero attached hydrogens (tertiary/aromatic N) is 3. The topological polar surface area (TPSA) is 54.5 Å². The SMILES string of the molecule is CCc1ccnc(CN=C(N)N(CC)CC)c1. The van der Waals surface area contributed by atoms with Gasteiger partial charge in [-0.05, 0) is 38.0 Å². The van der Waals surface area contributed by atoms with E-state index in [0.29, 0.717) is 12.5 Å². The van der Waals surface area contributed by atoms with E-state index in [1.54, 1.807) is 0 Å². The van der Waals surface area contributed by atoms with E-state index < -0.39 is 0 Å². The Morgan fingerprint density at radius 1 is 1.35 bits per heavy atom. The first-order chi connectivity index (χ1) is 8.21. The Morgan fingerprint density at radius 3 is 2.65 bits per heavy atom. The molecule has 1 aromatic heterocycles. The van der Waals surface area contributed by atoms with Crippen molar-refractivity contribution in [2.75, 3.05) is 13.1 Å². The third kappa shape index (κ3) is 4.06. The van der Waals surface area contributed by atoms with Crippen LogP contribution in [-0.4, -0.2) is 28.9 Å². The Bertz CT molecular complexity index is 369. The lowest BCUT2D eigenvalue weighted by molar-refractivity contribution is 0.458. The summed E-state index contributed by atoms with van der Waals surface area (Å²) in [6, 6.07) is 4.11. The van der Waals surface area contributed by atoms with Crippen LogP contribution in [-0.2, 0) is 13.0 Å². The van der Waals surface area contributed by atoms with Crippen LogP contribution in [0.3, 0.4) is 0 Å². The maximum absolute atomic E-state index is 5.91. The van der Waals surface area contributed by atoms with Crippen LogP contribution < -0.4 is 5.73 Å². The summed E-state index contributed by atoms with van der Waals surface area (Å²) in [7, 11) is 0. The van der Waals surface area contributed by atoms with Crippen molar-refractivity contribution in [3.63, 3.8) is 0 Å². The van der Waals surface area contributed by atoms with Gasteiger partial charge in [-0.15, -0.1) is 0 Å². The molecule has 0 aromatic carbocycles. The van der Waals surface area contributed by atoms with Crippen LogP contribution >= 0.6 is 0 Å². The summed E-state index contributed by atoms with van der Waals surface area (Å²) in [6.45, 7) is 8.59. The largest absolute Gasteiger partial charge is 0.370 e. The molecule has 0 unspecified atom stereocenters. The molecular formula is C13H22N4. The van der Waals surface area contributed by atoms with E-state index in [-0.39, 0.29) is 0 Å². The van der Waals surface area contributed by atoms with Crippen molar-refractivity contribution < 1.29 is 0 Å². The van der Waals surface area contributed by atoms with Gasteiger partial charge < -0.3 is 10.6 Å². The van der Waals surface area contributed by atoms with Crippen molar-refractivity contribution in [2.24, 2.45) is 10.7 Å². The quantitative estimate of drug-likeness (QED) is 0.624. The Balaban J connectivity index is 2.67. The lowest BCUT2D eigenvalue weighted by atomic mass is 10.2. The molecule has 1 heterocycles. The second-order valence-electron chi connectivity index (χ2n) is 3.86. The third-order valence-corrected chi connectivity index (χ3v) is 2.78. The number of rotatable bonds is 5. The first-order valence-electron chi connectivity index (χ1n) is 6.19. The van der Waals surface area contributed by atoms with Gasteiger partial charge in [-0.25, -0.2) is 4.99 Å². The number of aliphatic imine (C=N–C) groups is 1. The number of pyridine rings is 1. The summed E-state index contributed by atoms with van der Waals surface area (Å²) in [4.78, 5) is 10.7. The van der Waals surface area contributed by atoms with Crippen molar-refractivity contribution >= 4 is 5.96 Å². The van der Waals surface area contributed by atoms with E-state index in [1.807, 2.05) is 17.2 Å². The molecule has 0 radical (unpaired) electrons. The highest BCUT2D eigenvalue weighted by Gasteiger charge is 2.02. The number of guanidine groups is 1. The average Bonchev–Trinajstić information content (AvgIpc) is 2.38. The summed E-state index contributed by atoms with van der Waals surface area (Å²) < 4.78 is 0. The van der Waals surface area contributed by atoms with Crippen molar-refractivity contribution in [3.05, 3.63) is 29.6 Å². The van der Waals surface area contributed by atoms with Crippen molar-refractivity contribution in [1.82, 2.24) is 9.88 Å². The Labute approximate surface area is 104 Å². The van der Waals surface area contributed by atoms with Crippen LogP contribution in [0.2, 0.25) is 0 Å². The van der Waals surface area contributed by atoms with E-state index in [2.05, 4.69) is 36.8 Å². The van der Waals surface area contributed by atoms with Gasteiger partial charge in [0.1, 0.15) is 0 Å². The van der Waals surface area contributed by atoms with Crippen molar-refractivity contribution in [3.8, 4) is 0 Å². The van der Waals surface area contributed by atoms with E-state index in [0.717, 1.165) is 25.2 Å². The molecule has 0 aliphatic carbocycles. The summed E-state index contributed by atoms with van der Waals surface area (Å²) in [5.74, 6) is 0.596. The lowest BCUT2D eigenvalue weighted by Crippen LogP contribution is -2.37. The molecule has 2 N–H and O–H groups in total. The Morgan fingerprint density at radius 2 is 2.06 bits per heavy atom. The molecule has 94 valence electrons. The van der Waals surface area contributed by atoms with E-state index in [9.17, 15) is 0 Å². The summed E-state index contributed by atoms with van der Waals surface area (Å²) in [5, 5.41) is 0. The fourth-order valence-electron chi connectivity index (χ4n) is 1.64. The molecule has 0 spiro atoms. The standard InChI is InChI=1S/C13H22N4/c1-4-11-7-8-15-12(9-11)10-16-13(14)17(5-2)6-3/h7-9H,4-6,10H2,1-3H3,(H2,14,16). The molecule has 0 fully saturated rings. The molecule has 1 aromatic rings. The van der Waals surface area contributed by atoms with E-state index in [4.69, 9.17) is 5.73 Å². The summed E-state index contributed by atoms with van der Waals surface area (Å²) >= 11 is 0. The smallest absolute Gasteiger partial charge is 0.191 e. The van der Waals surface area contributed by atoms with Gasteiger partial charge in [-0.2, -0.15) is 0 Å². The zero-order valence-electron chi connectivity index (χ0n) is 11.0. The number of hydrogen-bond donors (Lipinski definition) is 1. The number of nitrogens with two attached hydrogens (primary N) is 1. The van der Waals surface area contributed by atoms with Crippen LogP contribution in [0.1, 0.15) is 32.0 Å². The molecule has 1 rings (SSSR count). The Kier molecular flexibility index (Phi) is 5.46. The van der Waals surface area contributed by atoms with Crippen LogP contribution in [0.4, 0.5) is 0 Å². The molecule has 0 aliphatic rings. The number of aromatic nitrogens is 1. The highest BCUT2D eigenvalue weighted by Crippen LogP contribution is 2.04. The van der Waals surface area contributed by atoms with Gasteiger partial charge in [0.15, 0.2) is 5.96 Å². The number of hydrogen-bond acceptors (Lipinski definition) is 2. The first kappa shape index (κ1) is 13.5. The van der Waals surface area contributed by atoms with E-state index in [1.165, 1.54) is 5.56 Å². The summed E-state index contributed by atoms with van der Waals surface area (Å²) in [5.41, 5.74) is 8.16. The minimum atomic E-state index is 0.552. The molecule has 0 saturated carbocycles. The predicted octanol–water partition coefficient (Wildman–Crippen LogP) is 1.80. The molecule has 0 amide bonds. The molecule has 17 heavy (non-hydrogen) atoms. The minimum Gasteiger partial charge on any atom is -0.370 e. The Hall–Kier alpha value is -1.58. The van der Waals surface area contributed by atoms with Crippen LogP contribution in [0, 0.1) is 0 Å². The minimum absolute atomic E-state index is 0.552. The van der Waals surface area contributed by atoms with Gasteiger partial charge in [0, 0.05) is 19.3 Å².